The van der Waals surface area contributed by atoms with E-state index in [2.05, 4.69) is 9.88 Å². The van der Waals surface area contributed by atoms with Crippen LogP contribution in [-0.4, -0.2) is 53.4 Å². The first-order valence-electron chi connectivity index (χ1n) is 11.9. The third-order valence-corrected chi connectivity index (χ3v) is 7.44. The van der Waals surface area contributed by atoms with E-state index in [0.29, 0.717) is 30.5 Å². The summed E-state index contributed by atoms with van der Waals surface area (Å²) in [5.74, 6) is -1.08. The number of ether oxygens (including phenoxy) is 1. The zero-order chi connectivity index (χ0) is 25.6. The maximum Gasteiger partial charge on any atom is 0.240 e. The van der Waals surface area contributed by atoms with Gasteiger partial charge in [-0.1, -0.05) is 17.7 Å². The summed E-state index contributed by atoms with van der Waals surface area (Å²) in [6, 6.07) is 1.92. The van der Waals surface area contributed by atoms with Gasteiger partial charge in [-0.3, -0.25) is 9.69 Å². The molecule has 0 saturated carbocycles. The van der Waals surface area contributed by atoms with Crippen LogP contribution in [0.2, 0.25) is 5.02 Å². The van der Waals surface area contributed by atoms with Gasteiger partial charge >= 0.3 is 0 Å². The Kier molecular flexibility index (Phi) is 6.61. The average molecular weight is 517 g/mol. The van der Waals surface area contributed by atoms with Crippen molar-refractivity contribution < 1.29 is 22.7 Å². The first kappa shape index (κ1) is 24.5. The van der Waals surface area contributed by atoms with Crippen molar-refractivity contribution >= 4 is 39.9 Å². The molecule has 7 nitrogen and oxygen atoms in total. The average Bonchev–Trinajstić information content (AvgIpc) is 3.49. The number of hydrogen-bond donors (Lipinski definition) is 1. The van der Waals surface area contributed by atoms with Crippen molar-refractivity contribution in [2.45, 2.75) is 38.3 Å². The third-order valence-electron chi connectivity index (χ3n) is 7.05. The van der Waals surface area contributed by atoms with Crippen LogP contribution in [0.5, 0.6) is 5.75 Å². The minimum Gasteiger partial charge on any atom is -0.478 e. The van der Waals surface area contributed by atoms with Crippen molar-refractivity contribution in [3.05, 3.63) is 58.5 Å². The highest BCUT2D eigenvalue weighted by molar-refractivity contribution is 6.31. The lowest BCUT2D eigenvalue weighted by Gasteiger charge is -2.30. The first-order chi connectivity index (χ1) is 17.3. The molecule has 2 aromatic heterocycles. The molecule has 0 radical (unpaired) electrons. The first-order valence-corrected chi connectivity index (χ1v) is 12.3. The third kappa shape index (κ3) is 4.30. The van der Waals surface area contributed by atoms with E-state index in [4.69, 9.17) is 26.5 Å². The van der Waals surface area contributed by atoms with Crippen molar-refractivity contribution in [2.75, 3.05) is 32.4 Å². The number of likely N-dealkylation sites (N-methyl/N-ethyl adjacent to an activating group) is 1. The summed E-state index contributed by atoms with van der Waals surface area (Å²) in [7, 11) is 1.99. The lowest BCUT2D eigenvalue weighted by molar-refractivity contribution is -0.135. The van der Waals surface area contributed by atoms with E-state index in [1.807, 2.05) is 18.0 Å². The van der Waals surface area contributed by atoms with Gasteiger partial charge in [-0.15, -0.1) is 0 Å². The van der Waals surface area contributed by atoms with Crippen LogP contribution in [0.4, 0.5) is 14.6 Å². The number of nitrogen functional groups attached to an aromatic ring is 1. The number of benzene rings is 1. The lowest BCUT2D eigenvalue weighted by Crippen LogP contribution is -2.45. The van der Waals surface area contributed by atoms with E-state index in [1.165, 1.54) is 0 Å². The van der Waals surface area contributed by atoms with Gasteiger partial charge in [0.2, 0.25) is 11.7 Å². The Morgan fingerprint density at radius 3 is 2.78 bits per heavy atom. The van der Waals surface area contributed by atoms with Gasteiger partial charge in [0.1, 0.15) is 17.7 Å². The molecule has 2 aliphatic heterocycles. The number of aromatic nitrogens is 1. The fourth-order valence-electron chi connectivity index (χ4n) is 5.04. The molecular formula is C26H27ClF2N4O3. The summed E-state index contributed by atoms with van der Waals surface area (Å²) in [5.41, 5.74) is 8.16. The van der Waals surface area contributed by atoms with E-state index >= 15 is 0 Å². The SMILES string of the molecule is C[C@@H](Oc1c(N)ncc2c(C3=CCN(C(=O)C4CCCN4C)CC3)coc12)c1c(F)ccc(F)c1Cl. The number of likely N-dealkylation sites (tertiary alicyclic amines) is 1. The van der Waals surface area contributed by atoms with Crippen molar-refractivity contribution in [1.82, 2.24) is 14.8 Å². The zero-order valence-corrected chi connectivity index (χ0v) is 20.8. The van der Waals surface area contributed by atoms with E-state index < -0.39 is 17.7 Å². The molecule has 5 rings (SSSR count). The molecule has 1 saturated heterocycles. The van der Waals surface area contributed by atoms with E-state index in [-0.39, 0.29) is 34.1 Å². The molecule has 3 aromatic rings. The number of furan rings is 1. The van der Waals surface area contributed by atoms with Crippen molar-refractivity contribution in [2.24, 2.45) is 0 Å². The minimum absolute atomic E-state index is 0.0417. The number of carbonyl (C=O) groups excluding carboxylic acids is 1. The molecule has 10 heteroatoms. The largest absolute Gasteiger partial charge is 0.478 e. The Labute approximate surface area is 212 Å². The fraction of sp³-hybridized carbons (Fsp3) is 0.385. The molecule has 1 aromatic carbocycles. The molecule has 1 amide bonds. The number of halogens is 3. The van der Waals surface area contributed by atoms with E-state index in [0.717, 1.165) is 42.7 Å². The molecular weight excluding hydrogens is 490 g/mol. The second-order valence-electron chi connectivity index (χ2n) is 9.28. The van der Waals surface area contributed by atoms with Crippen LogP contribution in [-0.2, 0) is 4.79 Å². The maximum absolute atomic E-state index is 14.4. The summed E-state index contributed by atoms with van der Waals surface area (Å²) >= 11 is 6.00. The van der Waals surface area contributed by atoms with Crippen LogP contribution in [0.25, 0.3) is 16.5 Å². The molecule has 2 atom stereocenters. The number of hydrogen-bond acceptors (Lipinski definition) is 6. The topological polar surface area (TPSA) is 84.8 Å². The van der Waals surface area contributed by atoms with Gasteiger partial charge in [0.05, 0.1) is 22.7 Å². The summed E-state index contributed by atoms with van der Waals surface area (Å²) < 4.78 is 40.1. The van der Waals surface area contributed by atoms with Gasteiger partial charge in [-0.05, 0) is 57.5 Å². The molecule has 36 heavy (non-hydrogen) atoms. The highest BCUT2D eigenvalue weighted by Gasteiger charge is 2.32. The number of anilines is 1. The van der Waals surface area contributed by atoms with Crippen LogP contribution in [0.1, 0.15) is 43.4 Å². The number of amides is 1. The Hall–Kier alpha value is -3.17. The quantitative estimate of drug-likeness (QED) is 0.470. The van der Waals surface area contributed by atoms with Crippen LogP contribution < -0.4 is 10.5 Å². The lowest BCUT2D eigenvalue weighted by atomic mass is 9.99. The smallest absolute Gasteiger partial charge is 0.240 e. The predicted molar refractivity (Wildman–Crippen MR) is 134 cm³/mol. The molecule has 4 heterocycles. The van der Waals surface area contributed by atoms with Crippen molar-refractivity contribution in [3.8, 4) is 5.75 Å². The van der Waals surface area contributed by atoms with E-state index in [1.54, 1.807) is 19.4 Å². The molecule has 2 aliphatic rings. The molecule has 1 fully saturated rings. The molecule has 190 valence electrons. The number of pyridine rings is 1. The van der Waals surface area contributed by atoms with Gasteiger partial charge < -0.3 is 19.8 Å². The Balaban J connectivity index is 1.40. The summed E-state index contributed by atoms with van der Waals surface area (Å²) in [5, 5.41) is 0.329. The number of carbonyl (C=O) groups is 1. The van der Waals surface area contributed by atoms with Crippen LogP contribution in [0.15, 0.2) is 35.1 Å². The summed E-state index contributed by atoms with van der Waals surface area (Å²) in [4.78, 5) is 21.2. The summed E-state index contributed by atoms with van der Waals surface area (Å²) in [6.07, 6.45) is 6.88. The highest BCUT2D eigenvalue weighted by atomic mass is 35.5. The maximum atomic E-state index is 14.4. The molecule has 2 N–H and O–H groups in total. The number of rotatable bonds is 5. The van der Waals surface area contributed by atoms with Crippen LogP contribution >= 0.6 is 11.6 Å². The molecule has 0 aliphatic carbocycles. The van der Waals surface area contributed by atoms with Crippen molar-refractivity contribution in [3.63, 3.8) is 0 Å². The van der Waals surface area contributed by atoms with Gasteiger partial charge in [0.25, 0.3) is 0 Å². The van der Waals surface area contributed by atoms with Crippen molar-refractivity contribution in [1.29, 1.82) is 0 Å². The van der Waals surface area contributed by atoms with E-state index in [9.17, 15) is 13.6 Å². The second-order valence-corrected chi connectivity index (χ2v) is 9.66. The number of fused-ring (bicyclic) bond motifs is 1. The van der Waals surface area contributed by atoms with Crippen LogP contribution in [0.3, 0.4) is 0 Å². The normalized spacial score (nSPS) is 19.5. The second kappa shape index (κ2) is 9.71. The Morgan fingerprint density at radius 1 is 1.31 bits per heavy atom. The number of nitrogens with two attached hydrogens (primary N) is 1. The fourth-order valence-corrected chi connectivity index (χ4v) is 5.35. The van der Waals surface area contributed by atoms with Gasteiger partial charge in [-0.2, -0.15) is 0 Å². The Morgan fingerprint density at radius 2 is 2.08 bits per heavy atom. The van der Waals surface area contributed by atoms with Gasteiger partial charge in [0, 0.05) is 30.4 Å². The van der Waals surface area contributed by atoms with Gasteiger partial charge in [-0.25, -0.2) is 13.8 Å². The Bertz CT molecular complexity index is 1360. The molecule has 0 spiro atoms. The standard InChI is InChI=1S/C26H27ClF2N4O3/c1-14(21-18(28)5-6-19(29)22(21)27)36-24-23-16(12-31-25(24)30)17(13-35-23)15-7-10-33(11-8-15)26(34)20-4-3-9-32(20)2/h5-7,12-14,20H,3-4,8-11H2,1-2H3,(H2,30,31)/t14-,20?/m1/s1. The number of nitrogens with zero attached hydrogens (tertiary/aromatic N) is 3. The zero-order valence-electron chi connectivity index (χ0n) is 20.1. The minimum atomic E-state index is -0.960. The molecule has 1 unspecified atom stereocenters. The highest BCUT2D eigenvalue weighted by Crippen LogP contribution is 2.40. The van der Waals surface area contributed by atoms with Gasteiger partial charge in [0.15, 0.2) is 11.4 Å². The predicted octanol–water partition coefficient (Wildman–Crippen LogP) is 5.19. The summed E-state index contributed by atoms with van der Waals surface area (Å²) in [6.45, 7) is 3.62. The monoisotopic (exact) mass is 516 g/mol. The van der Waals surface area contributed by atoms with Crippen LogP contribution in [0, 0.1) is 11.6 Å². The molecule has 0 bridgehead atoms.